The van der Waals surface area contributed by atoms with Crippen LogP contribution >= 0.6 is 11.8 Å². The molecule has 0 aromatic heterocycles. The highest BCUT2D eigenvalue weighted by atomic mass is 32.2. The molecule has 1 aliphatic rings. The minimum absolute atomic E-state index is 0.109. The summed E-state index contributed by atoms with van der Waals surface area (Å²) < 4.78 is 11.1. The van der Waals surface area contributed by atoms with E-state index < -0.39 is 0 Å². The van der Waals surface area contributed by atoms with Gasteiger partial charge in [-0.2, -0.15) is 11.8 Å². The van der Waals surface area contributed by atoms with Gasteiger partial charge in [-0.25, -0.2) is 0 Å². The van der Waals surface area contributed by atoms with Crippen molar-refractivity contribution in [3.05, 3.63) is 29.8 Å². The summed E-state index contributed by atoms with van der Waals surface area (Å²) in [6, 6.07) is 7.31. The predicted molar refractivity (Wildman–Crippen MR) is 81.6 cm³/mol. The van der Waals surface area contributed by atoms with Crippen LogP contribution in [0.4, 0.5) is 0 Å². The average Bonchev–Trinajstić information content (AvgIpc) is 2.95. The smallest absolute Gasteiger partial charge is 0.255 e. The zero-order valence-electron chi connectivity index (χ0n) is 12.0. The summed E-state index contributed by atoms with van der Waals surface area (Å²) in [5, 5.41) is 2.97. The zero-order chi connectivity index (χ0) is 14.4. The number of amides is 1. The second kappa shape index (κ2) is 6.99. The molecule has 2 rings (SSSR count). The van der Waals surface area contributed by atoms with Gasteiger partial charge in [-0.05, 0) is 31.2 Å². The highest BCUT2D eigenvalue weighted by molar-refractivity contribution is 7.99. The first-order valence-corrected chi connectivity index (χ1v) is 7.99. The van der Waals surface area contributed by atoms with Gasteiger partial charge in [0.05, 0.1) is 17.8 Å². The molecule has 1 atom stereocenters. The van der Waals surface area contributed by atoms with Gasteiger partial charge in [0.2, 0.25) is 0 Å². The van der Waals surface area contributed by atoms with Crippen molar-refractivity contribution in [3.63, 3.8) is 0 Å². The number of para-hydroxylation sites is 1. The monoisotopic (exact) mass is 295 g/mol. The molecular weight excluding hydrogens is 274 g/mol. The van der Waals surface area contributed by atoms with Crippen LogP contribution in [0.15, 0.2) is 24.3 Å². The molecule has 1 N–H and O–H groups in total. The highest BCUT2D eigenvalue weighted by Crippen LogP contribution is 2.30. The van der Waals surface area contributed by atoms with Crippen LogP contribution in [-0.4, -0.2) is 43.3 Å². The van der Waals surface area contributed by atoms with Gasteiger partial charge in [0.25, 0.3) is 5.91 Å². The lowest BCUT2D eigenvalue weighted by atomic mass is 10.0. The Labute approximate surface area is 124 Å². The molecule has 1 aromatic carbocycles. The van der Waals surface area contributed by atoms with Crippen molar-refractivity contribution in [1.29, 1.82) is 0 Å². The minimum Gasteiger partial charge on any atom is -0.493 e. The van der Waals surface area contributed by atoms with Gasteiger partial charge in [0.15, 0.2) is 0 Å². The molecule has 4 nitrogen and oxygen atoms in total. The Morgan fingerprint density at radius 2 is 2.25 bits per heavy atom. The number of rotatable bonds is 6. The second-order valence-electron chi connectivity index (χ2n) is 4.80. The molecule has 0 bridgehead atoms. The van der Waals surface area contributed by atoms with E-state index in [2.05, 4.69) is 5.32 Å². The maximum Gasteiger partial charge on any atom is 0.255 e. The third-order valence-corrected chi connectivity index (χ3v) is 4.73. The van der Waals surface area contributed by atoms with Crippen LogP contribution in [-0.2, 0) is 4.74 Å². The van der Waals surface area contributed by atoms with Gasteiger partial charge in [-0.1, -0.05) is 12.1 Å². The van der Waals surface area contributed by atoms with Crippen LogP contribution in [0.3, 0.4) is 0 Å². The number of hydrogen-bond acceptors (Lipinski definition) is 4. The summed E-state index contributed by atoms with van der Waals surface area (Å²) in [5.74, 6) is 2.53. The van der Waals surface area contributed by atoms with Gasteiger partial charge < -0.3 is 14.8 Å². The first-order chi connectivity index (χ1) is 9.71. The van der Waals surface area contributed by atoms with E-state index in [-0.39, 0.29) is 11.5 Å². The fourth-order valence-corrected chi connectivity index (χ4v) is 3.63. The van der Waals surface area contributed by atoms with Crippen molar-refractivity contribution in [1.82, 2.24) is 5.32 Å². The standard InChI is InChI=1S/C15H21NO3S/c1-3-19-13-7-5-4-6-12(13)14(17)16-10-15(18-2)8-9-20-11-15/h4-7H,3,8-11H2,1-2H3,(H,16,17)/t15-/m1/s1. The Morgan fingerprint density at radius 3 is 2.90 bits per heavy atom. The number of carbonyl (C=O) groups excluding carboxylic acids is 1. The van der Waals surface area contributed by atoms with E-state index in [0.29, 0.717) is 24.5 Å². The number of methoxy groups -OCH3 is 1. The fraction of sp³-hybridized carbons (Fsp3) is 0.533. The van der Waals surface area contributed by atoms with Crippen LogP contribution in [0.25, 0.3) is 0 Å². The molecule has 20 heavy (non-hydrogen) atoms. The topological polar surface area (TPSA) is 47.6 Å². The Bertz CT molecular complexity index is 458. The molecule has 0 aliphatic carbocycles. The van der Waals surface area contributed by atoms with E-state index >= 15 is 0 Å². The van der Waals surface area contributed by atoms with Crippen LogP contribution in [0.1, 0.15) is 23.7 Å². The zero-order valence-corrected chi connectivity index (χ0v) is 12.8. The van der Waals surface area contributed by atoms with E-state index in [4.69, 9.17) is 9.47 Å². The fourth-order valence-electron chi connectivity index (χ4n) is 2.23. The molecule has 0 saturated carbocycles. The lowest BCUT2D eigenvalue weighted by Gasteiger charge is -2.26. The highest BCUT2D eigenvalue weighted by Gasteiger charge is 2.34. The van der Waals surface area contributed by atoms with Gasteiger partial charge in [-0.3, -0.25) is 4.79 Å². The second-order valence-corrected chi connectivity index (χ2v) is 5.91. The summed E-state index contributed by atoms with van der Waals surface area (Å²) >= 11 is 1.86. The van der Waals surface area contributed by atoms with Crippen LogP contribution < -0.4 is 10.1 Å². The largest absolute Gasteiger partial charge is 0.493 e. The summed E-state index contributed by atoms with van der Waals surface area (Å²) in [6.07, 6.45) is 0.974. The van der Waals surface area contributed by atoms with E-state index in [1.165, 1.54) is 0 Å². The van der Waals surface area contributed by atoms with E-state index in [0.717, 1.165) is 17.9 Å². The quantitative estimate of drug-likeness (QED) is 0.875. The first kappa shape index (κ1) is 15.2. The Balaban J connectivity index is 2.01. The summed E-state index contributed by atoms with van der Waals surface area (Å²) in [4.78, 5) is 12.3. The lowest BCUT2D eigenvalue weighted by molar-refractivity contribution is 0.0137. The van der Waals surface area contributed by atoms with Gasteiger partial charge in [-0.15, -0.1) is 0 Å². The van der Waals surface area contributed by atoms with E-state index in [1.54, 1.807) is 13.2 Å². The summed E-state index contributed by atoms with van der Waals surface area (Å²) in [5.41, 5.74) is 0.354. The predicted octanol–water partition coefficient (Wildman–Crippen LogP) is 2.34. The number of hydrogen-bond donors (Lipinski definition) is 1. The molecular formula is C15H21NO3S. The first-order valence-electron chi connectivity index (χ1n) is 6.84. The third-order valence-electron chi connectivity index (χ3n) is 3.50. The molecule has 0 unspecified atom stereocenters. The van der Waals surface area contributed by atoms with Crippen LogP contribution in [0.5, 0.6) is 5.75 Å². The molecule has 1 fully saturated rings. The average molecular weight is 295 g/mol. The lowest BCUT2D eigenvalue weighted by Crippen LogP contribution is -2.44. The number of nitrogens with one attached hydrogen (secondary N) is 1. The molecule has 0 spiro atoms. The summed E-state index contributed by atoms with van der Waals surface area (Å²) in [6.45, 7) is 2.99. The maximum absolute atomic E-state index is 12.3. The van der Waals surface area contributed by atoms with E-state index in [9.17, 15) is 4.79 Å². The Hall–Kier alpha value is -1.20. The van der Waals surface area contributed by atoms with Crippen molar-refractivity contribution in [3.8, 4) is 5.75 Å². The van der Waals surface area contributed by atoms with Crippen LogP contribution in [0.2, 0.25) is 0 Å². The SMILES string of the molecule is CCOc1ccccc1C(=O)NC[C@]1(OC)CCSC1. The number of thioether (sulfide) groups is 1. The molecule has 1 heterocycles. The molecule has 1 aliphatic heterocycles. The molecule has 110 valence electrons. The summed E-state index contributed by atoms with van der Waals surface area (Å²) in [7, 11) is 1.71. The Morgan fingerprint density at radius 1 is 1.45 bits per heavy atom. The van der Waals surface area contributed by atoms with Crippen molar-refractivity contribution in [2.75, 3.05) is 31.8 Å². The van der Waals surface area contributed by atoms with Crippen LogP contribution in [0, 0.1) is 0 Å². The molecule has 0 radical (unpaired) electrons. The van der Waals surface area contributed by atoms with Crippen molar-refractivity contribution in [2.45, 2.75) is 18.9 Å². The Kier molecular flexibility index (Phi) is 5.31. The van der Waals surface area contributed by atoms with Gasteiger partial charge in [0.1, 0.15) is 5.75 Å². The van der Waals surface area contributed by atoms with Crippen molar-refractivity contribution in [2.24, 2.45) is 0 Å². The van der Waals surface area contributed by atoms with Crippen molar-refractivity contribution >= 4 is 17.7 Å². The maximum atomic E-state index is 12.3. The minimum atomic E-state index is -0.221. The van der Waals surface area contributed by atoms with Gasteiger partial charge in [0, 0.05) is 19.4 Å². The molecule has 1 aromatic rings. The normalized spacial score (nSPS) is 21.7. The third kappa shape index (κ3) is 3.46. The number of ether oxygens (including phenoxy) is 2. The number of carbonyl (C=O) groups is 1. The number of benzene rings is 1. The van der Waals surface area contributed by atoms with Gasteiger partial charge >= 0.3 is 0 Å². The van der Waals surface area contributed by atoms with Crippen molar-refractivity contribution < 1.29 is 14.3 Å². The molecule has 1 saturated heterocycles. The molecule has 5 heteroatoms. The van der Waals surface area contributed by atoms with E-state index in [1.807, 2.05) is 36.9 Å². The molecule has 1 amide bonds.